The smallest absolute Gasteiger partial charge is 0.479 e. The van der Waals surface area contributed by atoms with E-state index in [2.05, 4.69) is 4.18 Å². The molecule has 0 aliphatic carbocycles. The second-order valence-electron chi connectivity index (χ2n) is 7.59. The summed E-state index contributed by atoms with van der Waals surface area (Å²) in [5.41, 5.74) is -5.98. The fourth-order valence-corrected chi connectivity index (χ4v) is 3.30. The maximum Gasteiger partial charge on any atom is 0.534 e. The lowest BCUT2D eigenvalue weighted by Crippen LogP contribution is -2.31. The van der Waals surface area contributed by atoms with Crippen LogP contribution in [0.4, 0.5) is 13.2 Å². The van der Waals surface area contributed by atoms with Crippen LogP contribution in [0.2, 0.25) is 0 Å². The van der Waals surface area contributed by atoms with Crippen LogP contribution in [0.25, 0.3) is 10.8 Å². The zero-order chi connectivity index (χ0) is 22.4. The second kappa shape index (κ2) is 7.49. The van der Waals surface area contributed by atoms with Crippen LogP contribution in [0.1, 0.15) is 43.6 Å². The Morgan fingerprint density at radius 1 is 1.10 bits per heavy atom. The van der Waals surface area contributed by atoms with Crippen molar-refractivity contribution in [3.05, 3.63) is 41.0 Å². The summed E-state index contributed by atoms with van der Waals surface area (Å²) in [5.74, 6) is -2.21. The van der Waals surface area contributed by atoms with Crippen LogP contribution in [-0.2, 0) is 19.6 Å². The zero-order valence-electron chi connectivity index (χ0n) is 16.4. The van der Waals surface area contributed by atoms with Gasteiger partial charge in [0.2, 0.25) is 0 Å². The first-order chi connectivity index (χ1) is 13.0. The van der Waals surface area contributed by atoms with Crippen molar-refractivity contribution in [3.8, 4) is 5.75 Å². The Balaban J connectivity index is 2.88. The Hall–Kier alpha value is -2.33. The minimum Gasteiger partial charge on any atom is -0.479 e. The molecule has 1 unspecified atom stereocenters. The first-order valence-electron chi connectivity index (χ1n) is 8.49. The third-order valence-electron chi connectivity index (χ3n) is 3.93. The first kappa shape index (κ1) is 23.0. The lowest BCUT2D eigenvalue weighted by Gasteiger charge is -2.28. The molecular weight excluding hydrogens is 413 g/mol. The number of carbonyl (C=O) groups is 1. The van der Waals surface area contributed by atoms with Gasteiger partial charge in [-0.05, 0) is 45.6 Å². The van der Waals surface area contributed by atoms with Crippen molar-refractivity contribution in [3.63, 3.8) is 0 Å². The van der Waals surface area contributed by atoms with E-state index in [9.17, 15) is 31.5 Å². The number of rotatable bonds is 5. The molecule has 0 bridgehead atoms. The Kier molecular flexibility index (Phi) is 5.93. The van der Waals surface area contributed by atoms with Crippen molar-refractivity contribution < 1.29 is 40.4 Å². The highest BCUT2D eigenvalue weighted by Gasteiger charge is 2.49. The Labute approximate surface area is 166 Å². The van der Waals surface area contributed by atoms with Crippen molar-refractivity contribution in [2.75, 3.05) is 0 Å². The highest BCUT2D eigenvalue weighted by atomic mass is 32.2. The van der Waals surface area contributed by atoms with Crippen LogP contribution in [0.5, 0.6) is 5.75 Å². The molecule has 2 aromatic rings. The van der Waals surface area contributed by atoms with E-state index in [1.165, 1.54) is 13.0 Å². The molecule has 2 aromatic carbocycles. The Bertz CT molecular complexity index is 1050. The van der Waals surface area contributed by atoms with Gasteiger partial charge in [0.25, 0.3) is 0 Å². The van der Waals surface area contributed by atoms with Gasteiger partial charge >= 0.3 is 21.6 Å². The molecule has 0 aromatic heterocycles. The molecule has 2 rings (SSSR count). The van der Waals surface area contributed by atoms with Crippen LogP contribution >= 0.6 is 0 Å². The number of benzene rings is 2. The number of aryl methyl sites for hydroxylation is 2. The van der Waals surface area contributed by atoms with Crippen molar-refractivity contribution >= 4 is 26.9 Å². The molecule has 0 aliphatic rings. The van der Waals surface area contributed by atoms with Gasteiger partial charge in [-0.3, -0.25) is 0 Å². The van der Waals surface area contributed by atoms with Gasteiger partial charge in [-0.25, -0.2) is 4.79 Å². The maximum atomic E-state index is 13.0. The van der Waals surface area contributed by atoms with Gasteiger partial charge in [0.1, 0.15) is 0 Å². The molecule has 0 saturated heterocycles. The van der Waals surface area contributed by atoms with Gasteiger partial charge in [-0.15, -0.1) is 0 Å². The third kappa shape index (κ3) is 4.99. The van der Waals surface area contributed by atoms with E-state index in [0.717, 1.165) is 5.56 Å². The number of ether oxygens (including phenoxy) is 1. The summed E-state index contributed by atoms with van der Waals surface area (Å²) in [6.45, 7) is 7.89. The normalized spacial score (nSPS) is 14.1. The van der Waals surface area contributed by atoms with Crippen molar-refractivity contribution in [2.24, 2.45) is 0 Å². The minimum absolute atomic E-state index is 0.0211. The quantitative estimate of drug-likeness (QED) is 0.545. The summed E-state index contributed by atoms with van der Waals surface area (Å²) in [4.78, 5) is 11.9. The number of hydrogen-bond donors (Lipinski definition) is 1. The van der Waals surface area contributed by atoms with E-state index < -0.39 is 39.1 Å². The van der Waals surface area contributed by atoms with Gasteiger partial charge in [0.05, 0.1) is 5.60 Å². The van der Waals surface area contributed by atoms with Gasteiger partial charge in [0, 0.05) is 10.9 Å². The number of alkyl halides is 3. The molecule has 0 fully saturated rings. The van der Waals surface area contributed by atoms with Crippen LogP contribution in [0.3, 0.4) is 0 Å². The average molecular weight is 434 g/mol. The van der Waals surface area contributed by atoms with E-state index in [1.54, 1.807) is 45.9 Å². The summed E-state index contributed by atoms with van der Waals surface area (Å²) in [5, 5.41) is 10.1. The number of carboxylic acid groups (broad SMARTS) is 1. The molecule has 0 amide bonds. The molecule has 29 heavy (non-hydrogen) atoms. The van der Waals surface area contributed by atoms with Crippen molar-refractivity contribution in [2.45, 2.75) is 51.8 Å². The van der Waals surface area contributed by atoms with E-state index >= 15 is 0 Å². The fraction of sp³-hybridized carbons (Fsp3) is 0.421. The maximum absolute atomic E-state index is 13.0. The van der Waals surface area contributed by atoms with E-state index in [1.807, 2.05) is 0 Å². The molecule has 0 aliphatic heterocycles. The number of halogens is 3. The third-order valence-corrected chi connectivity index (χ3v) is 4.88. The van der Waals surface area contributed by atoms with E-state index in [-0.39, 0.29) is 16.5 Å². The SMILES string of the molecule is Cc1ccc2c(OS(=O)(=O)C(F)(F)F)c(C(OC(C)(C)C)C(=O)O)c(C)cc2c1. The molecule has 0 radical (unpaired) electrons. The van der Waals surface area contributed by atoms with E-state index in [0.29, 0.717) is 5.39 Å². The monoisotopic (exact) mass is 434 g/mol. The number of aliphatic carboxylic acids is 1. The van der Waals surface area contributed by atoms with Crippen LogP contribution < -0.4 is 4.18 Å². The average Bonchev–Trinajstić information content (AvgIpc) is 2.50. The van der Waals surface area contributed by atoms with Crippen molar-refractivity contribution in [1.82, 2.24) is 0 Å². The lowest BCUT2D eigenvalue weighted by molar-refractivity contribution is -0.160. The lowest BCUT2D eigenvalue weighted by atomic mass is 9.95. The van der Waals surface area contributed by atoms with Crippen LogP contribution in [0, 0.1) is 13.8 Å². The van der Waals surface area contributed by atoms with E-state index in [4.69, 9.17) is 4.74 Å². The number of carboxylic acids is 1. The fourth-order valence-electron chi connectivity index (χ4n) is 2.80. The molecule has 1 atom stereocenters. The highest BCUT2D eigenvalue weighted by Crippen LogP contribution is 2.42. The summed E-state index contributed by atoms with van der Waals surface area (Å²) >= 11 is 0. The standard InChI is InChI=1S/C19H21F3O6S/c1-10-6-7-13-12(8-10)9-11(2)14(16(17(23)24)27-18(3,4)5)15(13)28-29(25,26)19(20,21)22/h6-9,16H,1-5H3,(H,23,24). The molecule has 0 saturated carbocycles. The summed E-state index contributed by atoms with van der Waals surface area (Å²) in [6.07, 6.45) is -1.75. The van der Waals surface area contributed by atoms with Gasteiger partial charge in [-0.1, -0.05) is 29.8 Å². The molecular formula is C19H21F3O6S. The topological polar surface area (TPSA) is 89.9 Å². The zero-order valence-corrected chi connectivity index (χ0v) is 17.2. The number of hydrogen-bond acceptors (Lipinski definition) is 5. The highest BCUT2D eigenvalue weighted by molar-refractivity contribution is 7.88. The summed E-state index contributed by atoms with van der Waals surface area (Å²) in [7, 11) is -6.04. The predicted molar refractivity (Wildman–Crippen MR) is 100 cm³/mol. The van der Waals surface area contributed by atoms with Gasteiger partial charge in [0.15, 0.2) is 11.9 Å². The first-order valence-corrected chi connectivity index (χ1v) is 9.89. The Morgan fingerprint density at radius 3 is 2.17 bits per heavy atom. The number of fused-ring (bicyclic) bond motifs is 1. The largest absolute Gasteiger partial charge is 0.534 e. The van der Waals surface area contributed by atoms with Crippen LogP contribution in [0.15, 0.2) is 24.3 Å². The molecule has 10 heteroatoms. The molecule has 6 nitrogen and oxygen atoms in total. The second-order valence-corrected chi connectivity index (χ2v) is 9.13. The Morgan fingerprint density at radius 2 is 1.69 bits per heavy atom. The molecule has 0 heterocycles. The predicted octanol–water partition coefficient (Wildman–Crippen LogP) is 4.63. The minimum atomic E-state index is -6.04. The van der Waals surface area contributed by atoms with Crippen molar-refractivity contribution in [1.29, 1.82) is 0 Å². The van der Waals surface area contributed by atoms with Gasteiger partial charge < -0.3 is 14.0 Å². The molecule has 160 valence electrons. The van der Waals surface area contributed by atoms with Crippen LogP contribution in [-0.4, -0.2) is 30.6 Å². The summed E-state index contributed by atoms with van der Waals surface area (Å²) < 4.78 is 72.4. The molecule has 0 spiro atoms. The van der Waals surface area contributed by atoms with Gasteiger partial charge in [-0.2, -0.15) is 21.6 Å². The summed E-state index contributed by atoms with van der Waals surface area (Å²) in [6, 6.07) is 6.10. The molecule has 1 N–H and O–H groups in total.